The number of aryl methyl sites for hydroxylation is 1. The molecule has 0 spiro atoms. The SMILES string of the molecule is CS(C)(=O)=Nc1ccc(CCC(=O)O)cc1Cl. The number of aliphatic carboxylic acids is 1. The van der Waals surface area contributed by atoms with Gasteiger partial charge in [-0.2, -0.15) is 4.36 Å². The second-order valence-electron chi connectivity index (χ2n) is 3.95. The standard InChI is InChI=1S/C11H14ClNO3S/c1-17(2,16)13-10-5-3-8(7-9(10)12)4-6-11(14)15/h3,5,7H,4,6H2,1-2H3,(H,14,15). The van der Waals surface area contributed by atoms with E-state index in [1.54, 1.807) is 18.2 Å². The van der Waals surface area contributed by atoms with Crippen molar-refractivity contribution in [2.75, 3.05) is 12.5 Å². The molecule has 0 aliphatic heterocycles. The summed E-state index contributed by atoms with van der Waals surface area (Å²) in [5.41, 5.74) is 1.30. The zero-order valence-corrected chi connectivity index (χ0v) is 11.2. The molecule has 0 fully saturated rings. The van der Waals surface area contributed by atoms with Gasteiger partial charge in [-0.05, 0) is 24.1 Å². The molecule has 0 heterocycles. The van der Waals surface area contributed by atoms with E-state index in [0.29, 0.717) is 17.1 Å². The fourth-order valence-corrected chi connectivity index (χ4v) is 2.20. The first kappa shape index (κ1) is 14.0. The van der Waals surface area contributed by atoms with Gasteiger partial charge in [0.15, 0.2) is 0 Å². The topological polar surface area (TPSA) is 66.7 Å². The number of carboxylic acids is 1. The highest BCUT2D eigenvalue weighted by molar-refractivity contribution is 7.92. The number of nitrogens with zero attached hydrogens (tertiary/aromatic N) is 1. The van der Waals surface area contributed by atoms with E-state index in [1.807, 2.05) is 0 Å². The van der Waals surface area contributed by atoms with Gasteiger partial charge in [0.2, 0.25) is 0 Å². The van der Waals surface area contributed by atoms with E-state index in [9.17, 15) is 9.00 Å². The van der Waals surface area contributed by atoms with E-state index in [4.69, 9.17) is 16.7 Å². The van der Waals surface area contributed by atoms with E-state index < -0.39 is 15.7 Å². The molecule has 1 N–H and O–H groups in total. The van der Waals surface area contributed by atoms with Crippen LogP contribution in [-0.4, -0.2) is 27.8 Å². The van der Waals surface area contributed by atoms with E-state index >= 15 is 0 Å². The molecular formula is C11H14ClNO3S. The Morgan fingerprint density at radius 3 is 2.59 bits per heavy atom. The van der Waals surface area contributed by atoms with Crippen LogP contribution in [-0.2, 0) is 20.9 Å². The third-order valence-corrected chi connectivity index (χ3v) is 2.90. The normalized spacial score (nSPS) is 11.2. The van der Waals surface area contributed by atoms with Crippen LogP contribution in [0.1, 0.15) is 12.0 Å². The van der Waals surface area contributed by atoms with E-state index in [0.717, 1.165) is 5.56 Å². The lowest BCUT2D eigenvalue weighted by Gasteiger charge is -2.03. The van der Waals surface area contributed by atoms with Gasteiger partial charge in [0, 0.05) is 28.7 Å². The molecule has 1 rings (SSSR count). The largest absolute Gasteiger partial charge is 0.481 e. The molecule has 0 aliphatic rings. The molecule has 0 aliphatic carbocycles. The van der Waals surface area contributed by atoms with Crippen LogP contribution < -0.4 is 0 Å². The first-order valence-electron chi connectivity index (χ1n) is 4.95. The van der Waals surface area contributed by atoms with Crippen molar-refractivity contribution in [3.8, 4) is 0 Å². The first-order valence-corrected chi connectivity index (χ1v) is 7.66. The lowest BCUT2D eigenvalue weighted by Crippen LogP contribution is -1.97. The Balaban J connectivity index is 2.95. The van der Waals surface area contributed by atoms with Gasteiger partial charge in [0.25, 0.3) is 0 Å². The third-order valence-electron chi connectivity index (χ3n) is 1.96. The van der Waals surface area contributed by atoms with Gasteiger partial charge in [-0.3, -0.25) is 4.79 Å². The molecule has 6 heteroatoms. The fourth-order valence-electron chi connectivity index (χ4n) is 1.27. The quantitative estimate of drug-likeness (QED) is 0.919. The maximum Gasteiger partial charge on any atom is 0.303 e. The van der Waals surface area contributed by atoms with Gasteiger partial charge < -0.3 is 5.11 Å². The van der Waals surface area contributed by atoms with Gasteiger partial charge in [0.05, 0.1) is 10.7 Å². The highest BCUT2D eigenvalue weighted by Gasteiger charge is 2.04. The first-order chi connectivity index (χ1) is 7.78. The molecule has 94 valence electrons. The monoisotopic (exact) mass is 275 g/mol. The predicted molar refractivity (Wildman–Crippen MR) is 69.5 cm³/mol. The van der Waals surface area contributed by atoms with Crippen LogP contribution in [0.5, 0.6) is 0 Å². The van der Waals surface area contributed by atoms with Gasteiger partial charge >= 0.3 is 5.97 Å². The minimum absolute atomic E-state index is 0.0606. The summed E-state index contributed by atoms with van der Waals surface area (Å²) < 4.78 is 15.5. The fraction of sp³-hybridized carbons (Fsp3) is 0.364. The number of carbonyl (C=O) groups is 1. The molecule has 1 aromatic rings. The number of halogens is 1. The molecule has 0 aromatic heterocycles. The summed E-state index contributed by atoms with van der Waals surface area (Å²) in [6.45, 7) is 0. The number of rotatable bonds is 4. The zero-order valence-electron chi connectivity index (χ0n) is 9.64. The zero-order chi connectivity index (χ0) is 13.1. The molecule has 0 radical (unpaired) electrons. The summed E-state index contributed by atoms with van der Waals surface area (Å²) in [6.07, 6.45) is 3.54. The molecule has 0 unspecified atom stereocenters. The third kappa shape index (κ3) is 5.19. The molecule has 0 saturated heterocycles. The summed E-state index contributed by atoms with van der Waals surface area (Å²) in [5, 5.41) is 8.95. The second kappa shape index (κ2) is 5.51. The Labute approximate surface area is 106 Å². The molecule has 0 bridgehead atoms. The molecule has 4 nitrogen and oxygen atoms in total. The van der Waals surface area contributed by atoms with Crippen LogP contribution in [0.15, 0.2) is 22.6 Å². The maximum atomic E-state index is 11.5. The summed E-state index contributed by atoms with van der Waals surface area (Å²) in [5.74, 6) is -0.847. The van der Waals surface area contributed by atoms with Gasteiger partial charge in [-0.25, -0.2) is 4.21 Å². The lowest BCUT2D eigenvalue weighted by molar-refractivity contribution is -0.136. The van der Waals surface area contributed by atoms with Crippen molar-refractivity contribution in [2.45, 2.75) is 12.8 Å². The lowest BCUT2D eigenvalue weighted by atomic mass is 10.1. The van der Waals surface area contributed by atoms with Crippen LogP contribution in [0.2, 0.25) is 5.02 Å². The summed E-state index contributed by atoms with van der Waals surface area (Å²) in [4.78, 5) is 10.4. The summed E-state index contributed by atoms with van der Waals surface area (Å²) >= 11 is 5.98. The van der Waals surface area contributed by atoms with Crippen LogP contribution in [0.3, 0.4) is 0 Å². The van der Waals surface area contributed by atoms with Crippen LogP contribution >= 0.6 is 11.6 Å². The molecule has 0 amide bonds. The average Bonchev–Trinajstić information content (AvgIpc) is 2.17. The van der Waals surface area contributed by atoms with Crippen molar-refractivity contribution in [1.29, 1.82) is 0 Å². The van der Waals surface area contributed by atoms with Crippen molar-refractivity contribution in [2.24, 2.45) is 4.36 Å². The number of hydrogen-bond acceptors (Lipinski definition) is 3. The molecule has 17 heavy (non-hydrogen) atoms. The minimum atomic E-state index is -2.24. The predicted octanol–water partition coefficient (Wildman–Crippen LogP) is 2.72. The van der Waals surface area contributed by atoms with Crippen LogP contribution in [0, 0.1) is 0 Å². The molecule has 0 saturated carbocycles. The van der Waals surface area contributed by atoms with Crippen molar-refractivity contribution >= 4 is 33.0 Å². The Bertz CT molecular complexity index is 540. The van der Waals surface area contributed by atoms with Crippen molar-refractivity contribution < 1.29 is 14.1 Å². The number of hydrogen-bond donors (Lipinski definition) is 1. The van der Waals surface area contributed by atoms with Gasteiger partial charge in [-0.15, -0.1) is 0 Å². The van der Waals surface area contributed by atoms with Crippen LogP contribution in [0.25, 0.3) is 0 Å². The second-order valence-corrected chi connectivity index (χ2v) is 6.90. The Hall–Kier alpha value is -1.07. The van der Waals surface area contributed by atoms with Crippen molar-refractivity contribution in [3.63, 3.8) is 0 Å². The molecule has 1 aromatic carbocycles. The highest BCUT2D eigenvalue weighted by Crippen LogP contribution is 2.27. The van der Waals surface area contributed by atoms with E-state index in [-0.39, 0.29) is 6.42 Å². The summed E-state index contributed by atoms with van der Waals surface area (Å²) in [6, 6.07) is 5.07. The Morgan fingerprint density at radius 2 is 2.12 bits per heavy atom. The average molecular weight is 276 g/mol. The van der Waals surface area contributed by atoms with Gasteiger partial charge in [0.1, 0.15) is 0 Å². The Kier molecular flexibility index (Phi) is 4.54. The summed E-state index contributed by atoms with van der Waals surface area (Å²) in [7, 11) is -2.24. The van der Waals surface area contributed by atoms with Crippen LogP contribution in [0.4, 0.5) is 5.69 Å². The molecule has 0 atom stereocenters. The van der Waals surface area contributed by atoms with Crippen molar-refractivity contribution in [3.05, 3.63) is 28.8 Å². The smallest absolute Gasteiger partial charge is 0.303 e. The van der Waals surface area contributed by atoms with Gasteiger partial charge in [-0.1, -0.05) is 17.7 Å². The van der Waals surface area contributed by atoms with E-state index in [2.05, 4.69) is 4.36 Å². The minimum Gasteiger partial charge on any atom is -0.481 e. The van der Waals surface area contributed by atoms with Crippen molar-refractivity contribution in [1.82, 2.24) is 0 Å². The Morgan fingerprint density at radius 1 is 1.47 bits per heavy atom. The number of carboxylic acid groups (broad SMARTS) is 1. The highest BCUT2D eigenvalue weighted by atomic mass is 35.5. The van der Waals surface area contributed by atoms with E-state index in [1.165, 1.54) is 12.5 Å². The maximum absolute atomic E-state index is 11.5. The number of benzene rings is 1. The molecular weight excluding hydrogens is 262 g/mol.